The molecule has 3 aromatic carbocycles. The van der Waals surface area contributed by atoms with Gasteiger partial charge in [-0.1, -0.05) is 71.8 Å². The molecule has 3 fully saturated rings. The number of phenols is 1. The minimum atomic E-state index is -1.41. The first-order valence-corrected chi connectivity index (χ1v) is 14.9. The Bertz CT molecular complexity index is 1770. The highest BCUT2D eigenvalue weighted by atomic mass is 16.5. The number of nitrogens with one attached hydrogen (secondary N) is 1. The number of methoxy groups -OCH3 is 1. The van der Waals surface area contributed by atoms with Crippen LogP contribution >= 0.6 is 0 Å². The first-order chi connectivity index (χ1) is 21.7. The molecule has 1 saturated carbocycles. The molecule has 2 aliphatic carbocycles. The molecule has 0 bridgehead atoms. The van der Waals surface area contributed by atoms with E-state index in [4.69, 9.17) is 4.74 Å². The second kappa shape index (κ2) is 10.4. The molecule has 228 valence electrons. The Morgan fingerprint density at radius 2 is 1.58 bits per heavy atom. The number of carbonyl (C=O) groups excluding carboxylic acids is 5. The summed E-state index contributed by atoms with van der Waals surface area (Å²) in [5.74, 6) is -6.05. The van der Waals surface area contributed by atoms with Gasteiger partial charge in [0.15, 0.2) is 0 Å². The standard InChI is InChI=1S/C35H31N3O7/c1-19-8-12-22(13-9-19)36-38-31(41)27-18-26-24(16-17-25-28(26)32(42)37(30(25)40)34(44)45-2)29(20-10-14-23(39)15-11-20)35(27,33(38)43)21-6-4-3-5-7-21/h3-16,25-29,36,39H,17-18H2,1-2H3/t25-,26+,27-,28-,29-,35+/m0/s1. The number of imide groups is 4. The number of rotatable bonds is 4. The molecule has 7 rings (SSSR count). The molecule has 45 heavy (non-hydrogen) atoms. The maximum atomic E-state index is 15.0. The van der Waals surface area contributed by atoms with Crippen molar-refractivity contribution in [3.63, 3.8) is 0 Å². The Labute approximate surface area is 259 Å². The lowest BCUT2D eigenvalue weighted by molar-refractivity contribution is -0.140. The van der Waals surface area contributed by atoms with Gasteiger partial charge >= 0.3 is 6.09 Å². The van der Waals surface area contributed by atoms with E-state index >= 15 is 0 Å². The minimum Gasteiger partial charge on any atom is -0.508 e. The molecule has 0 spiro atoms. The van der Waals surface area contributed by atoms with Gasteiger partial charge in [0.2, 0.25) is 11.8 Å². The van der Waals surface area contributed by atoms with E-state index in [1.165, 1.54) is 12.1 Å². The highest BCUT2D eigenvalue weighted by molar-refractivity contribution is 6.16. The molecule has 5 amide bonds. The number of phenolic OH excluding ortho intramolecular Hbond substituents is 1. The summed E-state index contributed by atoms with van der Waals surface area (Å²) in [5.41, 5.74) is 5.31. The number of benzene rings is 3. The molecular formula is C35H31N3O7. The molecule has 0 aromatic heterocycles. The summed E-state index contributed by atoms with van der Waals surface area (Å²) < 4.78 is 4.76. The average molecular weight is 606 g/mol. The zero-order valence-corrected chi connectivity index (χ0v) is 24.7. The number of nitrogens with zero attached hydrogens (tertiary/aromatic N) is 2. The zero-order chi connectivity index (χ0) is 31.6. The van der Waals surface area contributed by atoms with Crippen molar-refractivity contribution >= 4 is 35.4 Å². The summed E-state index contributed by atoms with van der Waals surface area (Å²) in [6, 6.07) is 23.0. The normalized spacial score (nSPS) is 28.8. The van der Waals surface area contributed by atoms with E-state index in [1.54, 1.807) is 24.3 Å². The number of aromatic hydroxyl groups is 1. The van der Waals surface area contributed by atoms with Gasteiger partial charge < -0.3 is 9.84 Å². The van der Waals surface area contributed by atoms with Crippen molar-refractivity contribution in [2.24, 2.45) is 23.7 Å². The molecule has 6 atom stereocenters. The van der Waals surface area contributed by atoms with Crippen LogP contribution in [0.2, 0.25) is 0 Å². The van der Waals surface area contributed by atoms with Crippen molar-refractivity contribution in [1.29, 1.82) is 0 Å². The Morgan fingerprint density at radius 3 is 2.24 bits per heavy atom. The molecule has 10 heteroatoms. The number of hydrazine groups is 1. The van der Waals surface area contributed by atoms with Gasteiger partial charge in [-0.15, -0.1) is 0 Å². The number of hydrogen-bond acceptors (Lipinski definition) is 8. The lowest BCUT2D eigenvalue weighted by atomic mass is 9.49. The van der Waals surface area contributed by atoms with Gasteiger partial charge in [-0.25, -0.2) is 4.79 Å². The van der Waals surface area contributed by atoms with Gasteiger partial charge in [-0.05, 0) is 61.1 Å². The van der Waals surface area contributed by atoms with E-state index in [9.17, 15) is 29.1 Å². The van der Waals surface area contributed by atoms with Crippen LogP contribution in [0.25, 0.3) is 0 Å². The molecule has 0 unspecified atom stereocenters. The second-order valence-corrected chi connectivity index (χ2v) is 12.2. The van der Waals surface area contributed by atoms with Crippen LogP contribution in [0.15, 0.2) is 90.5 Å². The van der Waals surface area contributed by atoms with Crippen molar-refractivity contribution in [2.75, 3.05) is 12.5 Å². The number of ether oxygens (including phenoxy) is 1. The SMILES string of the molecule is COC(=O)N1C(=O)[C@H]2[C@H](CC=C3[C@H]2C[C@H]2C(=O)N(Nc4ccc(C)cc4)C(=O)[C@@]2(c2ccccc2)[C@H]3c2ccc(O)cc2)C1=O. The summed E-state index contributed by atoms with van der Waals surface area (Å²) in [5, 5.41) is 11.3. The number of amides is 5. The predicted octanol–water partition coefficient (Wildman–Crippen LogP) is 4.45. The average Bonchev–Trinajstić information content (AvgIpc) is 3.43. The Balaban J connectivity index is 1.43. The fourth-order valence-electron chi connectivity index (χ4n) is 8.06. The third kappa shape index (κ3) is 4.04. The molecule has 3 aromatic rings. The van der Waals surface area contributed by atoms with Crippen LogP contribution in [0, 0.1) is 30.6 Å². The first kappa shape index (κ1) is 28.5. The second-order valence-electron chi connectivity index (χ2n) is 12.2. The lowest BCUT2D eigenvalue weighted by Gasteiger charge is -2.50. The third-order valence-corrected chi connectivity index (χ3v) is 9.98. The van der Waals surface area contributed by atoms with E-state index in [-0.39, 0.29) is 18.6 Å². The van der Waals surface area contributed by atoms with Crippen molar-refractivity contribution in [1.82, 2.24) is 9.91 Å². The van der Waals surface area contributed by atoms with E-state index < -0.39 is 64.7 Å². The van der Waals surface area contributed by atoms with Crippen LogP contribution in [-0.4, -0.2) is 51.8 Å². The maximum absolute atomic E-state index is 15.0. The van der Waals surface area contributed by atoms with E-state index in [0.717, 1.165) is 23.3 Å². The fourth-order valence-corrected chi connectivity index (χ4v) is 8.06. The smallest absolute Gasteiger partial charge is 0.423 e. The van der Waals surface area contributed by atoms with E-state index in [0.29, 0.717) is 21.7 Å². The topological polar surface area (TPSA) is 133 Å². The number of anilines is 1. The summed E-state index contributed by atoms with van der Waals surface area (Å²) >= 11 is 0. The zero-order valence-electron chi connectivity index (χ0n) is 24.7. The van der Waals surface area contributed by atoms with Gasteiger partial charge in [0.1, 0.15) is 5.75 Å². The van der Waals surface area contributed by atoms with Gasteiger partial charge in [0, 0.05) is 5.92 Å². The summed E-state index contributed by atoms with van der Waals surface area (Å²) in [6.07, 6.45) is 1.17. The molecule has 0 radical (unpaired) electrons. The number of carbonyl (C=O) groups is 5. The fraction of sp³-hybridized carbons (Fsp3) is 0.286. The molecule has 4 aliphatic rings. The van der Waals surface area contributed by atoms with Gasteiger partial charge in [0.05, 0.1) is 36.0 Å². The van der Waals surface area contributed by atoms with E-state index in [1.807, 2.05) is 55.5 Å². The first-order valence-electron chi connectivity index (χ1n) is 14.9. The molecule has 2 heterocycles. The molecular weight excluding hydrogens is 574 g/mol. The number of allylic oxidation sites excluding steroid dienone is 2. The largest absolute Gasteiger partial charge is 0.508 e. The van der Waals surface area contributed by atoms with Crippen LogP contribution in [0.4, 0.5) is 10.5 Å². The summed E-state index contributed by atoms with van der Waals surface area (Å²) in [6.45, 7) is 1.94. The molecule has 2 saturated heterocycles. The Hall–Kier alpha value is -5.25. The van der Waals surface area contributed by atoms with E-state index in [2.05, 4.69) is 5.43 Å². The number of fused-ring (bicyclic) bond motifs is 4. The summed E-state index contributed by atoms with van der Waals surface area (Å²) in [4.78, 5) is 69.7. The van der Waals surface area contributed by atoms with Crippen LogP contribution < -0.4 is 5.43 Å². The van der Waals surface area contributed by atoms with Crippen LogP contribution in [-0.2, 0) is 29.3 Å². The number of likely N-dealkylation sites (tertiary alicyclic amines) is 1. The van der Waals surface area contributed by atoms with Gasteiger partial charge in [0.25, 0.3) is 11.8 Å². The van der Waals surface area contributed by atoms with Crippen LogP contribution in [0.3, 0.4) is 0 Å². The molecule has 2 N–H and O–H groups in total. The van der Waals surface area contributed by atoms with Crippen LogP contribution in [0.1, 0.15) is 35.4 Å². The molecule has 2 aliphatic heterocycles. The quantitative estimate of drug-likeness (QED) is 0.329. The van der Waals surface area contributed by atoms with Crippen molar-refractivity contribution in [3.8, 4) is 5.75 Å². The Kier molecular flexibility index (Phi) is 6.61. The van der Waals surface area contributed by atoms with Crippen LogP contribution in [0.5, 0.6) is 5.75 Å². The molecule has 10 nitrogen and oxygen atoms in total. The highest BCUT2D eigenvalue weighted by Gasteiger charge is 2.70. The highest BCUT2D eigenvalue weighted by Crippen LogP contribution is 2.64. The predicted molar refractivity (Wildman–Crippen MR) is 161 cm³/mol. The van der Waals surface area contributed by atoms with Gasteiger partial charge in [-0.2, -0.15) is 9.91 Å². The Morgan fingerprint density at radius 1 is 0.889 bits per heavy atom. The lowest BCUT2D eigenvalue weighted by Crippen LogP contribution is -2.53. The van der Waals surface area contributed by atoms with Crippen molar-refractivity contribution in [2.45, 2.75) is 31.1 Å². The maximum Gasteiger partial charge on any atom is 0.423 e. The van der Waals surface area contributed by atoms with Gasteiger partial charge in [-0.3, -0.25) is 24.6 Å². The summed E-state index contributed by atoms with van der Waals surface area (Å²) in [7, 11) is 1.11. The minimum absolute atomic E-state index is 0.0379. The van der Waals surface area contributed by atoms with Crippen molar-refractivity contribution in [3.05, 3.63) is 107 Å². The third-order valence-electron chi connectivity index (χ3n) is 9.98. The number of hydrogen-bond donors (Lipinski definition) is 2. The monoisotopic (exact) mass is 605 g/mol. The van der Waals surface area contributed by atoms with Crippen molar-refractivity contribution < 1.29 is 33.8 Å². The number of aryl methyl sites for hydroxylation is 1.